The first-order valence-electron chi connectivity index (χ1n) is 16.8. The van der Waals surface area contributed by atoms with Gasteiger partial charge in [-0.25, -0.2) is 0 Å². The number of carbonyl (C=O) groups is 3. The van der Waals surface area contributed by atoms with Gasteiger partial charge in [0.25, 0.3) is 5.91 Å². The number of fused-ring (bicyclic) bond motifs is 1. The molecular formula is C34H36ClF6N11O4. The molecule has 0 radical (unpaired) electrons. The molecule has 0 aliphatic carbocycles. The van der Waals surface area contributed by atoms with E-state index in [-0.39, 0.29) is 79.8 Å². The Hall–Kier alpha value is -5.67. The van der Waals surface area contributed by atoms with E-state index >= 15 is 0 Å². The number of rotatable bonds is 8. The molecule has 300 valence electrons. The van der Waals surface area contributed by atoms with Crippen molar-refractivity contribution in [2.45, 2.75) is 49.4 Å². The molecule has 9 N–H and O–H groups in total. The number of alkyl halides is 6. The highest BCUT2D eigenvalue weighted by atomic mass is 35.5. The first-order chi connectivity index (χ1) is 25.9. The highest BCUT2D eigenvalue weighted by Gasteiger charge is 2.44. The van der Waals surface area contributed by atoms with Crippen LogP contribution in [0.25, 0.3) is 10.8 Å². The van der Waals surface area contributed by atoms with Gasteiger partial charge in [-0.15, -0.1) is 12.4 Å². The third-order valence-corrected chi connectivity index (χ3v) is 8.87. The lowest BCUT2D eigenvalue weighted by atomic mass is 10.0. The number of piperidine rings is 2. The summed E-state index contributed by atoms with van der Waals surface area (Å²) >= 11 is 0. The minimum absolute atomic E-state index is 0. The van der Waals surface area contributed by atoms with Crippen molar-refractivity contribution in [2.75, 3.05) is 46.6 Å². The number of aromatic hydroxyl groups is 1. The largest absolute Gasteiger partial charge is 0.506 e. The number of nitrogens with zero attached hydrogens (tertiary/aromatic N) is 5. The fourth-order valence-electron chi connectivity index (χ4n) is 6.44. The van der Waals surface area contributed by atoms with E-state index in [1.54, 1.807) is 70.1 Å². The van der Waals surface area contributed by atoms with E-state index in [2.05, 4.69) is 25.6 Å². The third kappa shape index (κ3) is 9.95. The molecule has 15 nitrogen and oxygen atoms in total. The van der Waals surface area contributed by atoms with Crippen LogP contribution in [0.5, 0.6) is 5.75 Å². The second-order valence-corrected chi connectivity index (χ2v) is 13.2. The molecule has 0 saturated carbocycles. The summed E-state index contributed by atoms with van der Waals surface area (Å²) in [4.78, 5) is 52.9. The van der Waals surface area contributed by atoms with Crippen molar-refractivity contribution in [1.82, 2.24) is 25.6 Å². The van der Waals surface area contributed by atoms with Crippen molar-refractivity contribution in [3.05, 3.63) is 66.2 Å². The molecule has 1 aromatic heterocycles. The highest BCUT2D eigenvalue weighted by Crippen LogP contribution is 2.30. The van der Waals surface area contributed by atoms with E-state index in [0.29, 0.717) is 23.2 Å². The number of hydrogen-bond donors (Lipinski definition) is 7. The number of anilines is 5. The Morgan fingerprint density at radius 3 is 1.77 bits per heavy atom. The molecule has 0 bridgehead atoms. The van der Waals surface area contributed by atoms with Crippen molar-refractivity contribution in [2.24, 2.45) is 11.5 Å². The number of carbonyl (C=O) groups excluding carboxylic acids is 3. The number of phenols is 1. The van der Waals surface area contributed by atoms with Gasteiger partial charge in [0.1, 0.15) is 5.75 Å². The maximum atomic E-state index is 13.2. The summed E-state index contributed by atoms with van der Waals surface area (Å²) in [7, 11) is 0. The highest BCUT2D eigenvalue weighted by molar-refractivity contribution is 6.09. The summed E-state index contributed by atoms with van der Waals surface area (Å²) in [5, 5.41) is 21.2. The zero-order valence-corrected chi connectivity index (χ0v) is 29.9. The Kier molecular flexibility index (Phi) is 12.3. The quantitative estimate of drug-likeness (QED) is 0.128. The van der Waals surface area contributed by atoms with Crippen LogP contribution in [0.1, 0.15) is 23.2 Å². The average molecular weight is 812 g/mol. The van der Waals surface area contributed by atoms with E-state index < -0.39 is 48.6 Å². The molecule has 6 rings (SSSR count). The number of benzene rings is 3. The molecule has 2 fully saturated rings. The fraction of sp³-hybridized carbons (Fsp3) is 0.353. The predicted octanol–water partition coefficient (Wildman–Crippen LogP) is 3.32. The molecule has 22 heteroatoms. The molecule has 0 spiro atoms. The van der Waals surface area contributed by atoms with Crippen molar-refractivity contribution in [3.63, 3.8) is 0 Å². The summed E-state index contributed by atoms with van der Waals surface area (Å²) in [6, 6.07) is 13.0. The van der Waals surface area contributed by atoms with Gasteiger partial charge in [0, 0.05) is 67.1 Å². The van der Waals surface area contributed by atoms with Crippen LogP contribution in [0.4, 0.5) is 55.6 Å². The van der Waals surface area contributed by atoms with Crippen LogP contribution in [-0.4, -0.2) is 100 Å². The topological polar surface area (TPSA) is 217 Å². The zero-order chi connectivity index (χ0) is 39.7. The van der Waals surface area contributed by atoms with Gasteiger partial charge in [-0.1, -0.05) is 30.3 Å². The number of halogens is 7. The number of hydrogen-bond acceptors (Lipinski definition) is 12. The second-order valence-electron chi connectivity index (χ2n) is 13.2. The summed E-state index contributed by atoms with van der Waals surface area (Å²) in [5.41, 5.74) is 13.2. The molecule has 3 aromatic carbocycles. The van der Waals surface area contributed by atoms with Crippen molar-refractivity contribution in [1.29, 1.82) is 0 Å². The van der Waals surface area contributed by atoms with E-state index in [1.807, 2.05) is 0 Å². The van der Waals surface area contributed by atoms with Gasteiger partial charge in [-0.3, -0.25) is 14.4 Å². The van der Waals surface area contributed by atoms with Gasteiger partial charge < -0.3 is 47.6 Å². The van der Waals surface area contributed by atoms with Gasteiger partial charge in [0.05, 0.1) is 5.56 Å². The van der Waals surface area contributed by atoms with E-state index in [9.17, 15) is 45.8 Å². The number of aromatic nitrogens is 3. The van der Waals surface area contributed by atoms with Crippen molar-refractivity contribution >= 4 is 70.1 Å². The number of amides is 3. The smallest absolute Gasteiger partial charge is 0.471 e. The maximum absolute atomic E-state index is 13.2. The molecule has 2 aliphatic heterocycles. The van der Waals surface area contributed by atoms with Crippen LogP contribution in [0.2, 0.25) is 0 Å². The average Bonchev–Trinajstić information content (AvgIpc) is 3.11. The minimum atomic E-state index is -5.28. The predicted molar refractivity (Wildman–Crippen MR) is 196 cm³/mol. The Bertz CT molecular complexity index is 2030. The summed E-state index contributed by atoms with van der Waals surface area (Å²) in [6.07, 6.45) is -10.5. The Morgan fingerprint density at radius 1 is 0.696 bits per heavy atom. The molecular weight excluding hydrogens is 776 g/mol. The molecule has 3 amide bonds. The Morgan fingerprint density at radius 2 is 1.21 bits per heavy atom. The SMILES string of the molecule is Cl.N[C@@H]1C[C@H](N)CN(c2nc(Nc3ccc(NC(=O)c4ccc5ccccc5c4O)cc3)nc(N3C[C@H](NC(=O)C(F)(F)F)C[C@H](NC(=O)C(F)(F)F)C3)n2)C1. The molecule has 56 heavy (non-hydrogen) atoms. The molecule has 2 aliphatic rings. The van der Waals surface area contributed by atoms with Gasteiger partial charge in [0.2, 0.25) is 17.8 Å². The van der Waals surface area contributed by atoms with Crippen LogP contribution in [0.3, 0.4) is 0 Å². The second kappa shape index (κ2) is 16.6. The molecule has 3 heterocycles. The molecule has 4 aromatic rings. The third-order valence-electron chi connectivity index (χ3n) is 8.87. The van der Waals surface area contributed by atoms with Crippen LogP contribution in [0, 0.1) is 0 Å². The lowest BCUT2D eigenvalue weighted by Gasteiger charge is -2.39. The number of phenolic OH excluding ortho intramolecular Hbond substituents is 1. The van der Waals surface area contributed by atoms with Gasteiger partial charge >= 0.3 is 24.2 Å². The van der Waals surface area contributed by atoms with E-state index in [0.717, 1.165) is 5.39 Å². The molecule has 0 unspecified atom stereocenters. The number of nitrogens with two attached hydrogens (primary N) is 2. The maximum Gasteiger partial charge on any atom is 0.471 e. The van der Waals surface area contributed by atoms with Crippen molar-refractivity contribution in [3.8, 4) is 5.75 Å². The Balaban J connectivity index is 0.00000600. The van der Waals surface area contributed by atoms with Gasteiger partial charge in [-0.2, -0.15) is 41.3 Å². The number of nitrogens with one attached hydrogen (secondary N) is 4. The van der Waals surface area contributed by atoms with E-state index in [4.69, 9.17) is 11.5 Å². The minimum Gasteiger partial charge on any atom is -0.506 e. The molecule has 2 saturated heterocycles. The lowest BCUT2D eigenvalue weighted by Crippen LogP contribution is -2.60. The van der Waals surface area contributed by atoms with Gasteiger partial charge in [-0.05, 0) is 48.6 Å². The molecule has 4 atom stereocenters. The van der Waals surface area contributed by atoms with Crippen LogP contribution >= 0.6 is 12.4 Å². The van der Waals surface area contributed by atoms with Gasteiger partial charge in [0.15, 0.2) is 0 Å². The Labute approximate surface area is 320 Å². The first kappa shape index (κ1) is 41.5. The summed E-state index contributed by atoms with van der Waals surface area (Å²) in [5.74, 6) is -5.63. The zero-order valence-electron chi connectivity index (χ0n) is 29.1. The standard InChI is InChI=1S/C34H35F6N11O4.ClH/c35-33(36,37)28(54)44-22-12-23(45-29(55)34(38,39)40)16-51(15-22)32-48-30(47-31(49-32)50-13-18(41)11-19(42)14-50)46-21-8-6-20(7-9-21)43-27(53)25-10-5-17-3-1-2-4-24(17)26(25)52;/h1-10,18-19,22-23,52H,11-16,41-42H2,(H,43,53)(H,44,54)(H,45,55)(H,46,47,48,49);1H/t18-,19+,22-,23+;. The van der Waals surface area contributed by atoms with Crippen LogP contribution in [-0.2, 0) is 9.59 Å². The lowest BCUT2D eigenvalue weighted by molar-refractivity contribution is -0.175. The summed E-state index contributed by atoms with van der Waals surface area (Å²) in [6.45, 7) is -0.231. The van der Waals surface area contributed by atoms with Crippen LogP contribution in [0.15, 0.2) is 60.7 Å². The van der Waals surface area contributed by atoms with Crippen molar-refractivity contribution < 1.29 is 45.8 Å². The monoisotopic (exact) mass is 811 g/mol. The first-order valence-corrected chi connectivity index (χ1v) is 16.8. The fourth-order valence-corrected chi connectivity index (χ4v) is 6.44. The normalized spacial score (nSPS) is 20.1. The van der Waals surface area contributed by atoms with E-state index in [1.165, 1.54) is 11.0 Å². The van der Waals surface area contributed by atoms with Crippen LogP contribution < -0.4 is 42.5 Å². The summed E-state index contributed by atoms with van der Waals surface area (Å²) < 4.78 is 79.0.